The van der Waals surface area contributed by atoms with Crippen molar-refractivity contribution in [2.75, 3.05) is 4.90 Å². The predicted molar refractivity (Wildman–Crippen MR) is 210 cm³/mol. The van der Waals surface area contributed by atoms with Crippen LogP contribution in [0.4, 0.5) is 17.1 Å². The molecule has 0 saturated heterocycles. The highest BCUT2D eigenvalue weighted by molar-refractivity contribution is 7.19. The Hall–Kier alpha value is -4.86. The lowest BCUT2D eigenvalue weighted by Crippen LogP contribution is -2.09. The van der Waals surface area contributed by atoms with Crippen LogP contribution < -0.4 is 4.90 Å². The first-order chi connectivity index (χ1) is 23.6. The Bertz CT molecular complexity index is 2410. The standard InChI is InChI=1S/C44H29Cl2NS/c45-30-16-22-33(23-17-30)47(34-24-18-31(46)19-25-34)32-20-13-28(14-21-32)43-36-8-1-3-10-38(36)44(39-11-4-2-9-37(39)43)29-15-26-42-40(27-29)35-7-5-6-12-41(35)48-42/h1-5,7-11,13-27H,6,12H2. The monoisotopic (exact) mass is 673 g/mol. The summed E-state index contributed by atoms with van der Waals surface area (Å²) in [6.07, 6.45) is 6.91. The van der Waals surface area contributed by atoms with Crippen LogP contribution in [0.15, 0.2) is 146 Å². The topological polar surface area (TPSA) is 3.24 Å². The molecule has 0 saturated carbocycles. The normalized spacial score (nSPS) is 12.5. The summed E-state index contributed by atoms with van der Waals surface area (Å²) in [5, 5.41) is 7.80. The zero-order valence-electron chi connectivity index (χ0n) is 26.0. The third-order valence-corrected chi connectivity index (χ3v) is 11.2. The lowest BCUT2D eigenvalue weighted by Gasteiger charge is -2.26. The van der Waals surface area contributed by atoms with Crippen LogP contribution in [-0.4, -0.2) is 0 Å². The summed E-state index contributed by atoms with van der Waals surface area (Å²) in [7, 11) is 0. The molecule has 4 heteroatoms. The van der Waals surface area contributed by atoms with E-state index in [1.165, 1.54) is 64.3 Å². The van der Waals surface area contributed by atoms with E-state index in [0.29, 0.717) is 10.0 Å². The van der Waals surface area contributed by atoms with E-state index in [1.54, 1.807) is 0 Å². The fourth-order valence-electron chi connectivity index (χ4n) is 7.26. The average molecular weight is 675 g/mol. The summed E-state index contributed by atoms with van der Waals surface area (Å²) < 4.78 is 1.37. The Kier molecular flexibility index (Phi) is 7.31. The zero-order chi connectivity index (χ0) is 32.2. The van der Waals surface area contributed by atoms with Crippen molar-refractivity contribution in [2.24, 2.45) is 0 Å². The molecule has 48 heavy (non-hydrogen) atoms. The molecule has 230 valence electrons. The molecular formula is C44H29Cl2NS. The molecule has 0 aliphatic heterocycles. The van der Waals surface area contributed by atoms with Gasteiger partial charge < -0.3 is 4.90 Å². The molecule has 1 heterocycles. The molecule has 0 N–H and O–H groups in total. The van der Waals surface area contributed by atoms with Crippen LogP contribution in [-0.2, 0) is 6.42 Å². The van der Waals surface area contributed by atoms with Crippen LogP contribution in [0.25, 0.3) is 60.0 Å². The van der Waals surface area contributed by atoms with E-state index in [4.69, 9.17) is 23.2 Å². The predicted octanol–water partition coefficient (Wildman–Crippen LogP) is 14.3. The first-order valence-electron chi connectivity index (χ1n) is 16.2. The van der Waals surface area contributed by atoms with Crippen LogP contribution >= 0.6 is 34.5 Å². The van der Waals surface area contributed by atoms with Crippen LogP contribution in [0, 0.1) is 0 Å². The van der Waals surface area contributed by atoms with Crippen molar-refractivity contribution in [2.45, 2.75) is 12.8 Å². The Morgan fingerprint density at radius 1 is 0.500 bits per heavy atom. The maximum absolute atomic E-state index is 6.27. The molecule has 0 fully saturated rings. The van der Waals surface area contributed by atoms with Gasteiger partial charge in [-0.2, -0.15) is 0 Å². The number of rotatable bonds is 5. The molecule has 0 amide bonds. The van der Waals surface area contributed by atoms with Gasteiger partial charge in [0.1, 0.15) is 0 Å². The van der Waals surface area contributed by atoms with Crippen LogP contribution in [0.3, 0.4) is 0 Å². The van der Waals surface area contributed by atoms with Gasteiger partial charge in [-0.05, 0) is 135 Å². The molecule has 0 spiro atoms. The van der Waals surface area contributed by atoms with Crippen molar-refractivity contribution in [3.63, 3.8) is 0 Å². The molecule has 7 aromatic carbocycles. The van der Waals surface area contributed by atoms with Gasteiger partial charge in [-0.25, -0.2) is 0 Å². The van der Waals surface area contributed by atoms with E-state index < -0.39 is 0 Å². The molecule has 0 radical (unpaired) electrons. The number of nitrogens with zero attached hydrogens (tertiary/aromatic N) is 1. The third kappa shape index (κ3) is 5.00. The summed E-state index contributed by atoms with van der Waals surface area (Å²) >= 11 is 14.5. The van der Waals surface area contributed by atoms with Gasteiger partial charge >= 0.3 is 0 Å². The van der Waals surface area contributed by atoms with Crippen LogP contribution in [0.1, 0.15) is 16.9 Å². The molecule has 1 aromatic heterocycles. The number of aryl methyl sites for hydroxylation is 1. The second-order valence-corrected chi connectivity index (χ2v) is 14.3. The van der Waals surface area contributed by atoms with Crippen molar-refractivity contribution in [1.82, 2.24) is 0 Å². The highest BCUT2D eigenvalue weighted by Gasteiger charge is 2.19. The van der Waals surface area contributed by atoms with Crippen molar-refractivity contribution in [3.05, 3.63) is 166 Å². The number of thiophene rings is 1. The maximum atomic E-state index is 6.27. The maximum Gasteiger partial charge on any atom is 0.0462 e. The SMILES string of the molecule is Clc1ccc(N(c2ccc(Cl)cc2)c2ccc(-c3c4ccccc4c(-c4ccc5sc6c(c5c4)C=CCC6)c4ccccc34)cc2)cc1. The Morgan fingerprint density at radius 3 is 1.52 bits per heavy atom. The summed E-state index contributed by atoms with van der Waals surface area (Å²) in [6, 6.07) is 49.6. The minimum atomic E-state index is 0.707. The molecule has 1 aliphatic rings. The molecular weight excluding hydrogens is 645 g/mol. The van der Waals surface area contributed by atoms with Crippen LogP contribution in [0.2, 0.25) is 10.0 Å². The minimum Gasteiger partial charge on any atom is -0.311 e. The van der Waals surface area contributed by atoms with Crippen LogP contribution in [0.5, 0.6) is 0 Å². The molecule has 0 bridgehead atoms. The van der Waals surface area contributed by atoms with Gasteiger partial charge in [0.15, 0.2) is 0 Å². The highest BCUT2D eigenvalue weighted by atomic mass is 35.5. The second kappa shape index (κ2) is 12.0. The van der Waals surface area contributed by atoms with Crippen molar-refractivity contribution in [1.29, 1.82) is 0 Å². The first-order valence-corrected chi connectivity index (χ1v) is 17.8. The van der Waals surface area contributed by atoms with Crippen molar-refractivity contribution in [3.8, 4) is 22.3 Å². The lowest BCUT2D eigenvalue weighted by atomic mass is 9.85. The number of fused-ring (bicyclic) bond motifs is 5. The molecule has 0 atom stereocenters. The van der Waals surface area contributed by atoms with Gasteiger partial charge in [0.2, 0.25) is 0 Å². The van der Waals surface area contributed by atoms with E-state index >= 15 is 0 Å². The number of hydrogen-bond acceptors (Lipinski definition) is 2. The Morgan fingerprint density at radius 2 is 0.979 bits per heavy atom. The summed E-state index contributed by atoms with van der Waals surface area (Å²) in [4.78, 5) is 3.73. The Labute approximate surface area is 293 Å². The van der Waals surface area contributed by atoms with Gasteiger partial charge in [0.25, 0.3) is 0 Å². The third-order valence-electron chi connectivity index (χ3n) is 9.43. The number of hydrogen-bond donors (Lipinski definition) is 0. The largest absolute Gasteiger partial charge is 0.311 e. The van der Waals surface area contributed by atoms with Gasteiger partial charge in [-0.1, -0.05) is 102 Å². The average Bonchev–Trinajstić information content (AvgIpc) is 3.51. The number of allylic oxidation sites excluding steroid dienone is 1. The van der Waals surface area contributed by atoms with E-state index in [9.17, 15) is 0 Å². The van der Waals surface area contributed by atoms with Gasteiger partial charge in [0.05, 0.1) is 0 Å². The summed E-state index contributed by atoms with van der Waals surface area (Å²) in [5.74, 6) is 0. The van der Waals surface area contributed by atoms with E-state index in [2.05, 4.69) is 108 Å². The minimum absolute atomic E-state index is 0.707. The van der Waals surface area contributed by atoms with Crippen molar-refractivity contribution >= 4 is 89.3 Å². The quantitative estimate of drug-likeness (QED) is 0.164. The number of benzene rings is 7. The molecule has 8 aromatic rings. The number of anilines is 3. The summed E-state index contributed by atoms with van der Waals surface area (Å²) in [6.45, 7) is 0. The van der Waals surface area contributed by atoms with Gasteiger partial charge in [-0.3, -0.25) is 0 Å². The lowest BCUT2D eigenvalue weighted by molar-refractivity contribution is 1.02. The molecule has 1 aliphatic carbocycles. The fraction of sp³-hybridized carbons (Fsp3) is 0.0455. The smallest absolute Gasteiger partial charge is 0.0462 e. The number of halogens is 2. The van der Waals surface area contributed by atoms with E-state index in [0.717, 1.165) is 29.9 Å². The highest BCUT2D eigenvalue weighted by Crippen LogP contribution is 2.46. The van der Waals surface area contributed by atoms with E-state index in [-0.39, 0.29) is 0 Å². The molecule has 0 unspecified atom stereocenters. The van der Waals surface area contributed by atoms with E-state index in [1.807, 2.05) is 59.9 Å². The first kappa shape index (κ1) is 29.3. The fourth-order valence-corrected chi connectivity index (χ4v) is 8.70. The molecule has 1 nitrogen and oxygen atoms in total. The Balaban J connectivity index is 1.22. The second-order valence-electron chi connectivity index (χ2n) is 12.3. The van der Waals surface area contributed by atoms with Gasteiger partial charge in [0, 0.05) is 42.1 Å². The van der Waals surface area contributed by atoms with Gasteiger partial charge in [-0.15, -0.1) is 11.3 Å². The molecule has 9 rings (SSSR count). The summed E-state index contributed by atoms with van der Waals surface area (Å²) in [5.41, 5.74) is 9.48. The zero-order valence-corrected chi connectivity index (χ0v) is 28.3. The van der Waals surface area contributed by atoms with Crippen molar-refractivity contribution < 1.29 is 0 Å².